The number of carbonyl (C=O) groups excluding carboxylic acids is 9. The number of ketones is 2. The third-order valence-electron chi connectivity index (χ3n) is 17.4. The van der Waals surface area contributed by atoms with Crippen LogP contribution in [0.4, 0.5) is 19.0 Å². The lowest BCUT2D eigenvalue weighted by atomic mass is 10.00. The summed E-state index contributed by atoms with van der Waals surface area (Å²) in [5, 5.41) is 0.962. The first kappa shape index (κ1) is 83.4. The number of rotatable bonds is 24. The second-order valence-electron chi connectivity index (χ2n) is 24.7. The fourth-order valence-corrected chi connectivity index (χ4v) is 12.6. The monoisotopic (exact) mass is 1570 g/mol. The molecule has 25 nitrogen and oxygen atoms in total. The fourth-order valence-electron chi connectivity index (χ4n) is 12.1. The lowest BCUT2D eigenvalue weighted by Crippen LogP contribution is -2.43. The van der Waals surface area contributed by atoms with Crippen molar-refractivity contribution in [3.8, 4) is 17.2 Å². The van der Waals surface area contributed by atoms with Gasteiger partial charge in [-0.3, -0.25) is 43.2 Å². The smallest absolute Gasteiger partial charge is 0.308 e. The Morgan fingerprint density at radius 3 is 1.33 bits per heavy atom. The number of benzene rings is 3. The standard InChI is InChI=1S/C29H27FN4O4.C23H25FN2O5.C19H20BrFN2O4.C6H6N2O.C4H6O/c1-3-38-27(35)17-24(21-8-11-26(37-2)23(30)16-21)34-14-13-33-18-19(15-25(33)29(34)36)6-9-22-10-7-20-5-4-12-31-28(20)32-22;1-4-31-22(28)13-19(17-7-8-21(30-3)18(24)12-17)26-10-9-25-14-16(6-5-15(2)27)11-20(25)23(26)29;1-3-27-18(24)10-15(12-4-5-17(26-2)14(21)8-12)23-7-6-22-11-13(20)9-16(22)19(23)25;7-6-5(4-9)2-1-3-8-6;1-3-4(2)5/h4-12,15-16,18,24H,3,13-14,17H2,1-2H3;5-8,11-12,14,19H,4,9-10,13H2,1-3H3;4-5,8-9,11,15H,3,6-7,10H2,1-2H3;1-4H,(H2,7,8);3H,1H2,2H3/b9-6+;6-5+;;;/t24-;19-;15-;;/m000../s1. The molecule has 9 heterocycles. The van der Waals surface area contributed by atoms with Crippen molar-refractivity contribution in [1.82, 2.24) is 43.4 Å². The van der Waals surface area contributed by atoms with Crippen molar-refractivity contribution in [3.05, 3.63) is 237 Å². The van der Waals surface area contributed by atoms with E-state index >= 15 is 0 Å². The second-order valence-corrected chi connectivity index (χ2v) is 25.6. The molecule has 29 heteroatoms. The molecule has 110 heavy (non-hydrogen) atoms. The zero-order valence-electron chi connectivity index (χ0n) is 61.9. The third kappa shape index (κ3) is 22.0. The zero-order chi connectivity index (χ0) is 79.7. The summed E-state index contributed by atoms with van der Waals surface area (Å²) < 4.78 is 79.8. The van der Waals surface area contributed by atoms with Gasteiger partial charge in [0.1, 0.15) is 22.9 Å². The maximum atomic E-state index is 14.5. The lowest BCUT2D eigenvalue weighted by Gasteiger charge is -2.35. The average molecular weight is 1570 g/mol. The Labute approximate surface area is 641 Å². The molecule has 576 valence electrons. The molecule has 0 aliphatic carbocycles. The van der Waals surface area contributed by atoms with Gasteiger partial charge in [0.25, 0.3) is 17.7 Å². The number of anilines is 1. The minimum Gasteiger partial charge on any atom is -0.494 e. The molecule has 3 aromatic carbocycles. The first-order chi connectivity index (χ1) is 52.8. The van der Waals surface area contributed by atoms with Crippen molar-refractivity contribution in [2.45, 2.75) is 91.6 Å². The lowest BCUT2D eigenvalue weighted by molar-refractivity contribution is -0.145. The number of aldehydes is 1. The maximum absolute atomic E-state index is 14.5. The molecule has 0 radical (unpaired) electrons. The van der Waals surface area contributed by atoms with Gasteiger partial charge in [-0.1, -0.05) is 30.9 Å². The molecule has 0 fully saturated rings. The van der Waals surface area contributed by atoms with Crippen LogP contribution in [-0.2, 0) is 57.8 Å². The van der Waals surface area contributed by atoms with Crippen LogP contribution in [-0.4, -0.2) is 158 Å². The van der Waals surface area contributed by atoms with Gasteiger partial charge in [0.05, 0.1) is 89.8 Å². The molecule has 3 atom stereocenters. The number of nitrogens with two attached hydrogens (primary N) is 1. The quantitative estimate of drug-likeness (QED) is 0.0254. The molecule has 9 aromatic rings. The predicted octanol–water partition coefficient (Wildman–Crippen LogP) is 13.1. The van der Waals surface area contributed by atoms with Gasteiger partial charge in [-0.05, 0) is 194 Å². The molecule has 3 aliphatic heterocycles. The molecular weight excluding hydrogens is 1490 g/mol. The number of nitrogen functional groups attached to an aromatic ring is 1. The summed E-state index contributed by atoms with van der Waals surface area (Å²) in [7, 11) is 4.14. The molecule has 0 unspecified atom stereocenters. The maximum Gasteiger partial charge on any atom is 0.308 e. The number of fused-ring (bicyclic) bond motifs is 4. The van der Waals surface area contributed by atoms with Crippen LogP contribution in [0.2, 0.25) is 0 Å². The van der Waals surface area contributed by atoms with Gasteiger partial charge >= 0.3 is 17.9 Å². The number of methoxy groups -OCH3 is 3. The molecule has 12 rings (SSSR count). The van der Waals surface area contributed by atoms with Crippen molar-refractivity contribution in [2.75, 3.05) is 66.5 Å². The topological polar surface area (TPSA) is 298 Å². The molecule has 3 amide bonds. The van der Waals surface area contributed by atoms with Crippen LogP contribution in [0.25, 0.3) is 29.3 Å². The van der Waals surface area contributed by atoms with E-state index in [9.17, 15) is 56.3 Å². The number of hydrogen-bond donors (Lipinski definition) is 1. The number of carbonyl (C=O) groups is 9. The van der Waals surface area contributed by atoms with Gasteiger partial charge in [-0.25, -0.2) is 28.1 Å². The van der Waals surface area contributed by atoms with Crippen LogP contribution >= 0.6 is 15.9 Å². The highest BCUT2D eigenvalue weighted by Gasteiger charge is 2.37. The van der Waals surface area contributed by atoms with Crippen molar-refractivity contribution < 1.29 is 84.7 Å². The third-order valence-corrected chi connectivity index (χ3v) is 17.9. The minimum atomic E-state index is -0.688. The largest absolute Gasteiger partial charge is 0.494 e. The second kappa shape index (κ2) is 40.1. The highest BCUT2D eigenvalue weighted by atomic mass is 79.9. The van der Waals surface area contributed by atoms with Crippen LogP contribution in [0.1, 0.15) is 147 Å². The summed E-state index contributed by atoms with van der Waals surface area (Å²) >= 11 is 3.38. The molecule has 3 aliphatic rings. The van der Waals surface area contributed by atoms with Crippen LogP contribution < -0.4 is 19.9 Å². The Morgan fingerprint density at radius 1 is 0.536 bits per heavy atom. The molecule has 0 spiro atoms. The Balaban J connectivity index is 0.000000192. The van der Waals surface area contributed by atoms with Gasteiger partial charge in [0.2, 0.25) is 0 Å². The van der Waals surface area contributed by atoms with Crippen molar-refractivity contribution in [2.24, 2.45) is 0 Å². The number of ether oxygens (including phenoxy) is 6. The number of esters is 3. The number of hydrogen-bond acceptors (Lipinski definition) is 19. The Bertz CT molecular complexity index is 4900. The summed E-state index contributed by atoms with van der Waals surface area (Å²) in [5.41, 5.74) is 11.7. The molecule has 0 bridgehead atoms. The average Bonchev–Trinajstić information content (AvgIpc) is 1.57. The number of halogens is 4. The van der Waals surface area contributed by atoms with Crippen molar-refractivity contribution in [3.63, 3.8) is 0 Å². The van der Waals surface area contributed by atoms with Gasteiger partial charge in [0, 0.05) is 80.1 Å². The summed E-state index contributed by atoms with van der Waals surface area (Å²) in [6.45, 7) is 14.7. The zero-order valence-corrected chi connectivity index (χ0v) is 63.5. The van der Waals surface area contributed by atoms with Crippen molar-refractivity contribution in [1.29, 1.82) is 0 Å². The SMILES string of the molecule is C=CC(C)=O.CCOC(=O)C[C@@H](c1ccc(OC)c(F)c1)N1CCn2cc(/C=C/C(C)=O)cc2C1=O.CCOC(=O)C[C@@H](c1ccc(OC)c(F)c1)N1CCn2cc(/C=C/c3ccc4cccnc4n3)cc2C1=O.CCOC(=O)C[C@@H](c1ccc(OC)c(F)c1)N1CCn2cc(Br)cc2C1=O.Nc1ncccc1C=O. The summed E-state index contributed by atoms with van der Waals surface area (Å²) in [6, 6.07) is 27.6. The number of nitrogens with zero attached hydrogens (tertiary/aromatic N) is 9. The van der Waals surface area contributed by atoms with E-state index in [-0.39, 0.29) is 91.4 Å². The highest BCUT2D eigenvalue weighted by molar-refractivity contribution is 9.10. The first-order valence-corrected chi connectivity index (χ1v) is 35.7. The van der Waals surface area contributed by atoms with E-state index in [0.717, 1.165) is 26.7 Å². The van der Waals surface area contributed by atoms with Gasteiger partial charge in [-0.2, -0.15) is 0 Å². The number of aromatic nitrogens is 6. The fraction of sp³-hybridized carbons (Fsp3) is 0.284. The van der Waals surface area contributed by atoms with Crippen LogP contribution in [0.15, 0.2) is 163 Å². The molecule has 2 N–H and O–H groups in total. The van der Waals surface area contributed by atoms with Crippen LogP contribution in [0.5, 0.6) is 17.2 Å². The Kier molecular flexibility index (Phi) is 30.4. The van der Waals surface area contributed by atoms with E-state index in [0.29, 0.717) is 90.5 Å². The van der Waals surface area contributed by atoms with Gasteiger partial charge in [-0.15, -0.1) is 0 Å². The summed E-state index contributed by atoms with van der Waals surface area (Å²) in [6.07, 6.45) is 17.4. The normalized spacial score (nSPS) is 13.6. The Morgan fingerprint density at radius 2 is 0.945 bits per heavy atom. The molecule has 0 saturated heterocycles. The molecule has 0 saturated carbocycles. The number of allylic oxidation sites excluding steroid dienone is 2. The van der Waals surface area contributed by atoms with Gasteiger partial charge < -0.3 is 62.6 Å². The summed E-state index contributed by atoms with van der Waals surface area (Å²) in [5.74, 6) is -3.27. The molecule has 6 aromatic heterocycles. The van der Waals surface area contributed by atoms with Gasteiger partial charge in [0.15, 0.2) is 58.2 Å². The van der Waals surface area contributed by atoms with Crippen LogP contribution in [0.3, 0.4) is 0 Å². The van der Waals surface area contributed by atoms with E-state index in [1.54, 1.807) is 109 Å². The van der Waals surface area contributed by atoms with Crippen LogP contribution in [0, 0.1) is 17.5 Å². The minimum absolute atomic E-state index is 0.0185. The van der Waals surface area contributed by atoms with E-state index < -0.39 is 53.5 Å². The summed E-state index contributed by atoms with van der Waals surface area (Å²) in [4.78, 5) is 125. The Hall–Kier alpha value is -12.3. The van der Waals surface area contributed by atoms with E-state index in [2.05, 4.69) is 37.5 Å². The number of amides is 3. The number of pyridine rings is 3. The van der Waals surface area contributed by atoms with E-state index in [1.165, 1.54) is 83.7 Å². The highest BCUT2D eigenvalue weighted by Crippen LogP contribution is 2.36. The van der Waals surface area contributed by atoms with E-state index in [1.807, 2.05) is 62.5 Å². The van der Waals surface area contributed by atoms with E-state index in [4.69, 9.17) is 34.2 Å². The molecular formula is C81H84BrF3N10O15. The van der Waals surface area contributed by atoms with Crippen molar-refractivity contribution >= 4 is 104 Å². The first-order valence-electron chi connectivity index (χ1n) is 34.9. The predicted molar refractivity (Wildman–Crippen MR) is 408 cm³/mol.